The molecule has 0 aromatic rings. The zero-order valence-corrected chi connectivity index (χ0v) is 12.2. The maximum absolute atomic E-state index is 12.3. The zero-order valence-electron chi connectivity index (χ0n) is 11.4. The lowest BCUT2D eigenvalue weighted by atomic mass is 9.85. The minimum Gasteiger partial charge on any atom is -0.481 e. The number of nitrogens with zero attached hydrogens (tertiary/aromatic N) is 2. The summed E-state index contributed by atoms with van der Waals surface area (Å²) in [7, 11) is -2.03. The van der Waals surface area contributed by atoms with Crippen LogP contribution in [0, 0.1) is 5.41 Å². The number of carboxylic acids is 1. The Balaban J connectivity index is 2.93. The van der Waals surface area contributed by atoms with Gasteiger partial charge in [0.25, 0.3) is 10.2 Å². The molecular formula is C11H22N2O4S. The summed E-state index contributed by atoms with van der Waals surface area (Å²) >= 11 is 0. The Morgan fingerprint density at radius 3 is 2.39 bits per heavy atom. The van der Waals surface area contributed by atoms with Crippen LogP contribution in [-0.4, -0.2) is 54.3 Å². The number of rotatable bonds is 5. The van der Waals surface area contributed by atoms with Crippen LogP contribution in [0.25, 0.3) is 0 Å². The van der Waals surface area contributed by atoms with Crippen LogP contribution in [-0.2, 0) is 15.0 Å². The summed E-state index contributed by atoms with van der Waals surface area (Å²) in [5, 5.41) is 9.26. The van der Waals surface area contributed by atoms with E-state index in [1.807, 2.05) is 0 Å². The molecule has 0 aromatic heterocycles. The van der Waals surface area contributed by atoms with Crippen molar-refractivity contribution in [2.24, 2.45) is 5.41 Å². The fourth-order valence-electron chi connectivity index (χ4n) is 2.09. The molecule has 1 rings (SSSR count). The minimum atomic E-state index is -3.55. The van der Waals surface area contributed by atoms with Crippen molar-refractivity contribution in [3.05, 3.63) is 0 Å². The molecule has 1 aliphatic rings. The highest BCUT2D eigenvalue weighted by molar-refractivity contribution is 7.86. The molecule has 18 heavy (non-hydrogen) atoms. The minimum absolute atomic E-state index is 0.0677. The first-order valence-electron chi connectivity index (χ1n) is 6.14. The van der Waals surface area contributed by atoms with E-state index in [9.17, 15) is 18.3 Å². The summed E-state index contributed by atoms with van der Waals surface area (Å²) in [6.07, 6.45) is 0.823. The molecule has 6 nitrogen and oxygen atoms in total. The Bertz CT molecular complexity index is 421. The zero-order chi connectivity index (χ0) is 14.1. The van der Waals surface area contributed by atoms with E-state index in [2.05, 4.69) is 0 Å². The molecule has 106 valence electrons. The topological polar surface area (TPSA) is 77.9 Å². The van der Waals surface area contributed by atoms with Crippen molar-refractivity contribution in [1.82, 2.24) is 8.61 Å². The van der Waals surface area contributed by atoms with Crippen LogP contribution in [0.3, 0.4) is 0 Å². The fraction of sp³-hybridized carbons (Fsp3) is 0.909. The first kappa shape index (κ1) is 15.4. The molecule has 1 fully saturated rings. The van der Waals surface area contributed by atoms with E-state index in [4.69, 9.17) is 0 Å². The van der Waals surface area contributed by atoms with Gasteiger partial charge in [-0.15, -0.1) is 0 Å². The lowest BCUT2D eigenvalue weighted by Gasteiger charge is -2.28. The van der Waals surface area contributed by atoms with E-state index >= 15 is 0 Å². The molecule has 1 N–H and O–H groups in total. The van der Waals surface area contributed by atoms with E-state index < -0.39 is 21.6 Å². The standard InChI is InChI=1S/C11H22N2O4S/c1-5-11(10(14)15)6-7-13(8-11)18(16,17)12(4)9(2)3/h9H,5-8H2,1-4H3,(H,14,15). The summed E-state index contributed by atoms with van der Waals surface area (Å²) in [5.74, 6) is -0.908. The van der Waals surface area contributed by atoms with Gasteiger partial charge in [-0.2, -0.15) is 17.0 Å². The van der Waals surface area contributed by atoms with Gasteiger partial charge < -0.3 is 5.11 Å². The van der Waals surface area contributed by atoms with Gasteiger partial charge in [0.2, 0.25) is 0 Å². The van der Waals surface area contributed by atoms with E-state index in [0.29, 0.717) is 12.8 Å². The average Bonchev–Trinajstić information content (AvgIpc) is 2.73. The molecule has 0 aromatic carbocycles. The van der Waals surface area contributed by atoms with Crippen LogP contribution in [0.2, 0.25) is 0 Å². The van der Waals surface area contributed by atoms with Crippen LogP contribution in [0.4, 0.5) is 0 Å². The van der Waals surface area contributed by atoms with Gasteiger partial charge >= 0.3 is 5.97 Å². The molecular weight excluding hydrogens is 256 g/mol. The van der Waals surface area contributed by atoms with Gasteiger partial charge in [-0.1, -0.05) is 6.92 Å². The Kier molecular flexibility index (Phi) is 4.40. The third-order valence-corrected chi connectivity index (χ3v) is 5.98. The van der Waals surface area contributed by atoms with Gasteiger partial charge in [0.05, 0.1) is 5.41 Å². The van der Waals surface area contributed by atoms with Gasteiger partial charge in [0.1, 0.15) is 0 Å². The summed E-state index contributed by atoms with van der Waals surface area (Å²) in [5.41, 5.74) is -0.926. The van der Waals surface area contributed by atoms with E-state index in [1.165, 1.54) is 15.7 Å². The van der Waals surface area contributed by atoms with Crippen molar-refractivity contribution in [3.63, 3.8) is 0 Å². The molecule has 0 spiro atoms. The highest BCUT2D eigenvalue weighted by Gasteiger charge is 2.47. The van der Waals surface area contributed by atoms with Crippen LogP contribution in [0.5, 0.6) is 0 Å². The summed E-state index contributed by atoms with van der Waals surface area (Å²) in [4.78, 5) is 11.3. The van der Waals surface area contributed by atoms with Crippen LogP contribution >= 0.6 is 0 Å². The molecule has 1 atom stereocenters. The monoisotopic (exact) mass is 278 g/mol. The van der Waals surface area contributed by atoms with Crippen molar-refractivity contribution >= 4 is 16.2 Å². The summed E-state index contributed by atoms with van der Waals surface area (Å²) in [6.45, 7) is 5.71. The SMILES string of the molecule is CCC1(C(=O)O)CCN(S(=O)(=O)N(C)C(C)C)C1. The maximum atomic E-state index is 12.3. The van der Waals surface area contributed by atoms with Gasteiger partial charge in [-0.05, 0) is 26.7 Å². The van der Waals surface area contributed by atoms with Gasteiger partial charge in [-0.3, -0.25) is 4.79 Å². The number of hydrogen-bond acceptors (Lipinski definition) is 3. The maximum Gasteiger partial charge on any atom is 0.311 e. The predicted molar refractivity (Wildman–Crippen MR) is 68.4 cm³/mol. The second kappa shape index (κ2) is 5.14. The van der Waals surface area contributed by atoms with Gasteiger partial charge in [0.15, 0.2) is 0 Å². The third-order valence-electron chi connectivity index (χ3n) is 3.87. The summed E-state index contributed by atoms with van der Waals surface area (Å²) < 4.78 is 27.1. The molecule has 0 saturated carbocycles. The molecule has 1 saturated heterocycles. The number of aliphatic carboxylic acids is 1. The summed E-state index contributed by atoms with van der Waals surface area (Å²) in [6, 6.07) is -0.142. The lowest BCUT2D eigenvalue weighted by molar-refractivity contribution is -0.148. The van der Waals surface area contributed by atoms with Gasteiger partial charge in [-0.25, -0.2) is 0 Å². The van der Waals surface area contributed by atoms with Crippen molar-refractivity contribution in [2.75, 3.05) is 20.1 Å². The van der Waals surface area contributed by atoms with Crippen LogP contribution in [0.1, 0.15) is 33.6 Å². The number of carbonyl (C=O) groups is 1. The Morgan fingerprint density at radius 2 is 2.06 bits per heavy atom. The molecule has 1 aliphatic heterocycles. The van der Waals surface area contributed by atoms with E-state index in [-0.39, 0.29) is 19.1 Å². The van der Waals surface area contributed by atoms with Gasteiger partial charge in [0, 0.05) is 26.2 Å². The van der Waals surface area contributed by atoms with E-state index in [1.54, 1.807) is 20.8 Å². The molecule has 1 unspecified atom stereocenters. The van der Waals surface area contributed by atoms with Crippen LogP contribution < -0.4 is 0 Å². The number of carboxylic acid groups (broad SMARTS) is 1. The Hall–Kier alpha value is -0.660. The first-order chi connectivity index (χ1) is 8.17. The molecule has 0 aliphatic carbocycles. The second-order valence-corrected chi connectivity index (χ2v) is 7.13. The predicted octanol–water partition coefficient (Wildman–Crippen LogP) is 0.758. The van der Waals surface area contributed by atoms with Crippen molar-refractivity contribution in [1.29, 1.82) is 0 Å². The highest BCUT2D eigenvalue weighted by Crippen LogP contribution is 2.36. The van der Waals surface area contributed by atoms with Crippen molar-refractivity contribution < 1.29 is 18.3 Å². The fourth-order valence-corrected chi connectivity index (χ4v) is 3.72. The first-order valence-corrected chi connectivity index (χ1v) is 7.53. The molecule has 0 bridgehead atoms. The quantitative estimate of drug-likeness (QED) is 0.805. The second-order valence-electron chi connectivity index (χ2n) is 5.14. The average molecular weight is 278 g/mol. The molecule has 1 heterocycles. The molecule has 7 heteroatoms. The normalized spacial score (nSPS) is 26.1. The lowest BCUT2D eigenvalue weighted by Crippen LogP contribution is -2.45. The molecule has 0 amide bonds. The number of hydrogen-bond donors (Lipinski definition) is 1. The molecule has 0 radical (unpaired) electrons. The van der Waals surface area contributed by atoms with Crippen LogP contribution in [0.15, 0.2) is 0 Å². The smallest absolute Gasteiger partial charge is 0.311 e. The largest absolute Gasteiger partial charge is 0.481 e. The van der Waals surface area contributed by atoms with Crippen molar-refractivity contribution in [2.45, 2.75) is 39.7 Å². The van der Waals surface area contributed by atoms with Crippen molar-refractivity contribution in [3.8, 4) is 0 Å². The Morgan fingerprint density at radius 1 is 1.50 bits per heavy atom. The third kappa shape index (κ3) is 2.53. The highest BCUT2D eigenvalue weighted by atomic mass is 32.2. The van der Waals surface area contributed by atoms with E-state index in [0.717, 1.165) is 0 Å². The Labute approximate surface area is 109 Å².